The molecule has 0 radical (unpaired) electrons. The highest BCUT2D eigenvalue weighted by Crippen LogP contribution is 2.44. The lowest BCUT2D eigenvalue weighted by molar-refractivity contribution is 1.07. The van der Waals surface area contributed by atoms with Gasteiger partial charge in [0.05, 0.1) is 50.4 Å². The SMILES string of the molecule is N#Cc1cc(-n2c3ccccc3c3cc(-c4nc(-c5ccccc5)nc(-c5ccccc5)n4)ccc32)c(-c2cc(-c3ccccc3)nc(-c3ccccc3)c2)cc1-n1c2ccccc2c2cc(-c3nc(-c4ccccc4)nc(-c4ccccc4)n3)ccc21. The fourth-order valence-corrected chi connectivity index (χ4v) is 12.1. The molecule has 0 unspecified atom stereocenters. The standard InChI is InChI=1S/C78H48N10/c79-49-59-47-72(88-68-38-22-20-36-61(68)64-44-57(40-42-70(64)88)78-85-75(54-31-15-5-16-32-54)82-76(86-78)55-33-17-6-18-34-55)62(58-45-65(50-23-7-1-8-24-50)80-66(46-58)51-25-9-2-10-26-51)48-71(59)87-67-37-21-19-35-60(67)63-43-56(39-41-69(63)87)77-83-73(52-27-11-3-12-28-52)81-74(84-77)53-29-13-4-14-30-53/h1-48H. The van der Waals surface area contributed by atoms with Crippen LogP contribution in [0.4, 0.5) is 0 Å². The fraction of sp³-hybridized carbons (Fsp3) is 0. The molecule has 0 bridgehead atoms. The number of nitrogens with zero attached hydrogens (tertiary/aromatic N) is 10. The van der Waals surface area contributed by atoms with Crippen molar-refractivity contribution in [3.05, 3.63) is 297 Å². The lowest BCUT2D eigenvalue weighted by atomic mass is 9.96. The smallest absolute Gasteiger partial charge is 0.164 e. The van der Waals surface area contributed by atoms with Gasteiger partial charge in [0.2, 0.25) is 0 Å². The van der Waals surface area contributed by atoms with E-state index in [9.17, 15) is 5.26 Å². The van der Waals surface area contributed by atoms with Crippen LogP contribution in [0, 0.1) is 11.3 Å². The van der Waals surface area contributed by atoms with E-state index in [0.717, 1.165) is 122 Å². The predicted molar refractivity (Wildman–Crippen MR) is 353 cm³/mol. The summed E-state index contributed by atoms with van der Waals surface area (Å²) in [7, 11) is 0. The number of rotatable bonds is 11. The number of nitriles is 1. The molecule has 88 heavy (non-hydrogen) atoms. The van der Waals surface area contributed by atoms with E-state index in [1.807, 2.05) is 158 Å². The van der Waals surface area contributed by atoms with Gasteiger partial charge >= 0.3 is 0 Å². The highest BCUT2D eigenvalue weighted by molar-refractivity contribution is 6.12. The maximum atomic E-state index is 11.7. The minimum atomic E-state index is 0.484. The summed E-state index contributed by atoms with van der Waals surface area (Å²) < 4.78 is 4.54. The molecule has 11 aromatic carbocycles. The molecule has 10 nitrogen and oxygen atoms in total. The van der Waals surface area contributed by atoms with Crippen LogP contribution in [-0.4, -0.2) is 44.0 Å². The van der Waals surface area contributed by atoms with Crippen molar-refractivity contribution in [3.8, 4) is 119 Å². The van der Waals surface area contributed by atoms with Crippen LogP contribution in [0.2, 0.25) is 0 Å². The van der Waals surface area contributed by atoms with Crippen LogP contribution in [0.3, 0.4) is 0 Å². The van der Waals surface area contributed by atoms with E-state index in [4.69, 9.17) is 34.9 Å². The zero-order valence-corrected chi connectivity index (χ0v) is 47.2. The van der Waals surface area contributed by atoms with Gasteiger partial charge in [-0.3, -0.25) is 0 Å². The van der Waals surface area contributed by atoms with E-state index < -0.39 is 0 Å². The molecular weight excluding hydrogens is 1080 g/mol. The summed E-state index contributed by atoms with van der Waals surface area (Å²) in [6.45, 7) is 0. The van der Waals surface area contributed by atoms with Crippen LogP contribution in [0.15, 0.2) is 291 Å². The van der Waals surface area contributed by atoms with Crippen molar-refractivity contribution in [2.75, 3.05) is 0 Å². The maximum Gasteiger partial charge on any atom is 0.164 e. The van der Waals surface area contributed by atoms with Crippen molar-refractivity contribution >= 4 is 43.6 Å². The molecule has 0 aliphatic carbocycles. The lowest BCUT2D eigenvalue weighted by Crippen LogP contribution is -2.04. The van der Waals surface area contributed by atoms with Crippen molar-refractivity contribution in [2.45, 2.75) is 0 Å². The van der Waals surface area contributed by atoms with Crippen molar-refractivity contribution in [1.82, 2.24) is 44.0 Å². The van der Waals surface area contributed by atoms with E-state index in [1.54, 1.807) is 0 Å². The Morgan fingerprint density at radius 1 is 0.239 bits per heavy atom. The number of aromatic nitrogens is 9. The molecule has 0 fully saturated rings. The van der Waals surface area contributed by atoms with Crippen molar-refractivity contribution in [3.63, 3.8) is 0 Å². The second-order valence-corrected chi connectivity index (χ2v) is 21.6. The molecule has 0 aliphatic heterocycles. The Kier molecular flexibility index (Phi) is 12.7. The molecule has 5 heterocycles. The Hall–Kier alpha value is -12.3. The van der Waals surface area contributed by atoms with E-state index in [-0.39, 0.29) is 0 Å². The van der Waals surface area contributed by atoms with Gasteiger partial charge in [-0.1, -0.05) is 218 Å². The first-order valence-corrected chi connectivity index (χ1v) is 29.1. The molecule has 10 heteroatoms. The quantitative estimate of drug-likeness (QED) is 0.125. The maximum absolute atomic E-state index is 11.7. The van der Waals surface area contributed by atoms with Gasteiger partial charge in [-0.15, -0.1) is 0 Å². The predicted octanol–water partition coefficient (Wildman–Crippen LogP) is 18.5. The Morgan fingerprint density at radius 3 is 0.932 bits per heavy atom. The number of pyridine rings is 1. The summed E-state index contributed by atoms with van der Waals surface area (Å²) in [4.78, 5) is 35.8. The highest BCUT2D eigenvalue weighted by Gasteiger charge is 2.25. The largest absolute Gasteiger partial charge is 0.309 e. The Morgan fingerprint density at radius 2 is 0.557 bits per heavy atom. The van der Waals surface area contributed by atoms with Crippen molar-refractivity contribution < 1.29 is 0 Å². The van der Waals surface area contributed by atoms with Gasteiger partial charge in [0, 0.05) is 71.6 Å². The summed E-state index contributed by atoms with van der Waals surface area (Å²) in [5, 5.41) is 15.8. The average molecular weight is 1130 g/mol. The zero-order chi connectivity index (χ0) is 58.5. The molecule has 0 atom stereocenters. The van der Waals surface area contributed by atoms with Crippen LogP contribution in [0.1, 0.15) is 5.56 Å². The summed E-state index contributed by atoms with van der Waals surface area (Å²) in [6, 6.07) is 102. The summed E-state index contributed by atoms with van der Waals surface area (Å²) in [5.74, 6) is 3.45. The molecule has 16 rings (SSSR count). The molecule has 0 aliphatic rings. The molecule has 0 saturated carbocycles. The van der Waals surface area contributed by atoms with Gasteiger partial charge in [-0.2, -0.15) is 5.26 Å². The first-order valence-electron chi connectivity index (χ1n) is 29.1. The fourth-order valence-electron chi connectivity index (χ4n) is 12.1. The summed E-state index contributed by atoms with van der Waals surface area (Å²) in [5.41, 5.74) is 16.5. The number of hydrogen-bond donors (Lipinski definition) is 0. The van der Waals surface area contributed by atoms with Crippen molar-refractivity contribution in [2.24, 2.45) is 0 Å². The first-order chi connectivity index (χ1) is 43.6. The monoisotopic (exact) mass is 1120 g/mol. The summed E-state index contributed by atoms with van der Waals surface area (Å²) >= 11 is 0. The Balaban J connectivity index is 0.935. The minimum Gasteiger partial charge on any atom is -0.309 e. The molecule has 0 saturated heterocycles. The zero-order valence-electron chi connectivity index (χ0n) is 47.2. The van der Waals surface area contributed by atoms with E-state index >= 15 is 0 Å². The third-order valence-electron chi connectivity index (χ3n) is 16.3. The average Bonchev–Trinajstić information content (AvgIpc) is 2.67. The normalized spacial score (nSPS) is 11.4. The number of hydrogen-bond acceptors (Lipinski definition) is 8. The molecule has 0 spiro atoms. The molecule has 0 amide bonds. The molecular formula is C78H48N10. The Bertz CT molecular complexity index is 5200. The number of fused-ring (bicyclic) bond motifs is 6. The van der Waals surface area contributed by atoms with Gasteiger partial charge in [-0.25, -0.2) is 34.9 Å². The minimum absolute atomic E-state index is 0.484. The second-order valence-electron chi connectivity index (χ2n) is 21.6. The van der Waals surface area contributed by atoms with Crippen molar-refractivity contribution in [1.29, 1.82) is 5.26 Å². The van der Waals surface area contributed by atoms with E-state index in [0.29, 0.717) is 40.5 Å². The number of para-hydroxylation sites is 2. The third-order valence-corrected chi connectivity index (χ3v) is 16.3. The van der Waals surface area contributed by atoms with Crippen LogP contribution in [0.5, 0.6) is 0 Å². The number of benzene rings is 11. The van der Waals surface area contributed by atoms with Gasteiger partial charge in [0.1, 0.15) is 6.07 Å². The van der Waals surface area contributed by atoms with E-state index in [2.05, 4.69) is 149 Å². The van der Waals surface area contributed by atoms with Gasteiger partial charge in [0.25, 0.3) is 0 Å². The second kappa shape index (κ2) is 21.7. The molecule has 0 N–H and O–H groups in total. The third kappa shape index (κ3) is 9.20. The molecule has 410 valence electrons. The van der Waals surface area contributed by atoms with Crippen LogP contribution < -0.4 is 0 Å². The van der Waals surface area contributed by atoms with E-state index in [1.165, 1.54) is 0 Å². The Labute approximate surface area is 506 Å². The van der Waals surface area contributed by atoms with Gasteiger partial charge in [-0.05, 0) is 78.4 Å². The first kappa shape index (κ1) is 51.3. The van der Waals surface area contributed by atoms with Crippen LogP contribution in [-0.2, 0) is 0 Å². The lowest BCUT2D eigenvalue weighted by Gasteiger charge is -2.20. The van der Waals surface area contributed by atoms with Gasteiger partial charge in [0.15, 0.2) is 34.9 Å². The van der Waals surface area contributed by atoms with Crippen LogP contribution in [0.25, 0.3) is 157 Å². The van der Waals surface area contributed by atoms with Gasteiger partial charge < -0.3 is 9.13 Å². The topological polar surface area (TPSA) is 124 Å². The highest BCUT2D eigenvalue weighted by atomic mass is 15.1. The van der Waals surface area contributed by atoms with Crippen LogP contribution >= 0.6 is 0 Å². The molecule has 16 aromatic rings. The summed E-state index contributed by atoms with van der Waals surface area (Å²) in [6.07, 6.45) is 0. The molecule has 5 aromatic heterocycles.